The van der Waals surface area contributed by atoms with E-state index in [2.05, 4.69) is 10.1 Å². The molecule has 0 amide bonds. The maximum Gasteiger partial charge on any atom is 0.274 e. The zero-order chi connectivity index (χ0) is 16.6. The molecule has 3 aromatic heterocycles. The molecule has 0 saturated carbocycles. The first-order chi connectivity index (χ1) is 11.0. The topological polar surface area (TPSA) is 52.2 Å². The summed E-state index contributed by atoms with van der Waals surface area (Å²) in [5.41, 5.74) is 1.91. The standard InChI is InChI=1S/C15H14ClFN4OS/c1-3-23-12-6-13-20(9(2)4-14(22)21(13)19-12)8-10-5-11(17)15(16)18-7-10/h4-7H,3,8H2,1-2H3. The van der Waals surface area contributed by atoms with Gasteiger partial charge in [0.1, 0.15) is 10.7 Å². The molecule has 120 valence electrons. The van der Waals surface area contributed by atoms with Crippen LogP contribution in [0.2, 0.25) is 5.15 Å². The number of hydrogen-bond acceptors (Lipinski definition) is 4. The molecule has 0 aliphatic rings. The second-order valence-corrected chi connectivity index (χ2v) is 6.65. The highest BCUT2D eigenvalue weighted by molar-refractivity contribution is 7.99. The molecule has 0 aliphatic carbocycles. The van der Waals surface area contributed by atoms with E-state index in [1.807, 2.05) is 24.5 Å². The van der Waals surface area contributed by atoms with Gasteiger partial charge in [-0.2, -0.15) is 9.61 Å². The predicted molar refractivity (Wildman–Crippen MR) is 88.9 cm³/mol. The van der Waals surface area contributed by atoms with E-state index >= 15 is 0 Å². The second kappa shape index (κ2) is 6.33. The Kier molecular flexibility index (Phi) is 4.41. The largest absolute Gasteiger partial charge is 0.326 e. The van der Waals surface area contributed by atoms with Crippen molar-refractivity contribution < 1.29 is 4.39 Å². The Balaban J connectivity index is 2.11. The quantitative estimate of drug-likeness (QED) is 0.534. The lowest BCUT2D eigenvalue weighted by atomic mass is 10.2. The maximum absolute atomic E-state index is 13.6. The number of aryl methyl sites for hydroxylation is 1. The molecule has 0 saturated heterocycles. The van der Waals surface area contributed by atoms with E-state index < -0.39 is 5.82 Å². The van der Waals surface area contributed by atoms with Crippen molar-refractivity contribution in [2.24, 2.45) is 0 Å². The number of halogens is 2. The zero-order valence-corrected chi connectivity index (χ0v) is 14.2. The smallest absolute Gasteiger partial charge is 0.274 e. The summed E-state index contributed by atoms with van der Waals surface area (Å²) in [5, 5.41) is 4.94. The van der Waals surface area contributed by atoms with E-state index in [9.17, 15) is 9.18 Å². The molecule has 0 atom stereocenters. The molecule has 0 aromatic carbocycles. The highest BCUT2D eigenvalue weighted by Crippen LogP contribution is 2.19. The third-order valence-corrected chi connectivity index (χ3v) is 4.46. The molecule has 0 aliphatic heterocycles. The Morgan fingerprint density at radius 2 is 2.13 bits per heavy atom. The van der Waals surface area contributed by atoms with Crippen molar-refractivity contribution in [3.63, 3.8) is 0 Å². The minimum atomic E-state index is -0.561. The van der Waals surface area contributed by atoms with Crippen LogP contribution >= 0.6 is 23.4 Å². The summed E-state index contributed by atoms with van der Waals surface area (Å²) in [7, 11) is 0. The van der Waals surface area contributed by atoms with Crippen LogP contribution in [0.3, 0.4) is 0 Å². The Labute approximate surface area is 141 Å². The van der Waals surface area contributed by atoms with Crippen molar-refractivity contribution >= 4 is 29.0 Å². The van der Waals surface area contributed by atoms with Gasteiger partial charge in [0.25, 0.3) is 5.56 Å². The van der Waals surface area contributed by atoms with Crippen molar-refractivity contribution in [3.05, 3.63) is 57.0 Å². The first kappa shape index (κ1) is 16.0. The molecule has 3 heterocycles. The van der Waals surface area contributed by atoms with Gasteiger partial charge in [-0.05, 0) is 24.3 Å². The Morgan fingerprint density at radius 1 is 1.35 bits per heavy atom. The highest BCUT2D eigenvalue weighted by Gasteiger charge is 2.12. The SMILES string of the molecule is CCSc1cc2n(Cc3cnc(Cl)c(F)c3)c(C)cc(=O)n2n1. The van der Waals surface area contributed by atoms with Crippen molar-refractivity contribution in [2.75, 3.05) is 5.75 Å². The summed E-state index contributed by atoms with van der Waals surface area (Å²) in [4.78, 5) is 15.9. The van der Waals surface area contributed by atoms with Gasteiger partial charge in [0.2, 0.25) is 0 Å². The number of thioether (sulfide) groups is 1. The molecule has 23 heavy (non-hydrogen) atoms. The zero-order valence-electron chi connectivity index (χ0n) is 12.6. The fourth-order valence-corrected chi connectivity index (χ4v) is 3.08. The average Bonchev–Trinajstić information content (AvgIpc) is 2.92. The highest BCUT2D eigenvalue weighted by atomic mass is 35.5. The molecular formula is C15H14ClFN4OS. The van der Waals surface area contributed by atoms with E-state index in [4.69, 9.17) is 11.6 Å². The molecule has 0 spiro atoms. The van der Waals surface area contributed by atoms with Crippen LogP contribution in [-0.2, 0) is 6.54 Å². The van der Waals surface area contributed by atoms with Gasteiger partial charge in [0, 0.05) is 24.0 Å². The average molecular weight is 353 g/mol. The van der Waals surface area contributed by atoms with Gasteiger partial charge in [-0.25, -0.2) is 9.37 Å². The van der Waals surface area contributed by atoms with Gasteiger partial charge in [-0.3, -0.25) is 4.79 Å². The van der Waals surface area contributed by atoms with Gasteiger partial charge in [-0.15, -0.1) is 11.8 Å². The van der Waals surface area contributed by atoms with Crippen LogP contribution in [0.4, 0.5) is 4.39 Å². The Hall–Kier alpha value is -1.86. The molecule has 0 radical (unpaired) electrons. The summed E-state index contributed by atoms with van der Waals surface area (Å²) >= 11 is 7.18. The van der Waals surface area contributed by atoms with Crippen molar-refractivity contribution in [1.82, 2.24) is 19.2 Å². The molecule has 0 N–H and O–H groups in total. The van der Waals surface area contributed by atoms with Crippen LogP contribution in [0, 0.1) is 12.7 Å². The van der Waals surface area contributed by atoms with Gasteiger partial charge in [0.05, 0.1) is 6.54 Å². The van der Waals surface area contributed by atoms with E-state index in [0.717, 1.165) is 16.5 Å². The van der Waals surface area contributed by atoms with Crippen molar-refractivity contribution in [1.29, 1.82) is 0 Å². The van der Waals surface area contributed by atoms with Crippen LogP contribution in [0.5, 0.6) is 0 Å². The molecular weight excluding hydrogens is 339 g/mol. The van der Waals surface area contributed by atoms with Crippen molar-refractivity contribution in [3.8, 4) is 0 Å². The molecule has 5 nitrogen and oxygen atoms in total. The molecule has 3 rings (SSSR count). The fraction of sp³-hybridized carbons (Fsp3) is 0.267. The van der Waals surface area contributed by atoms with E-state index in [-0.39, 0.29) is 10.7 Å². The number of rotatable bonds is 4. The number of nitrogens with zero attached hydrogens (tertiary/aromatic N) is 4. The van der Waals surface area contributed by atoms with Gasteiger partial charge >= 0.3 is 0 Å². The van der Waals surface area contributed by atoms with E-state index in [1.165, 1.54) is 22.8 Å². The first-order valence-electron chi connectivity index (χ1n) is 7.02. The van der Waals surface area contributed by atoms with E-state index in [0.29, 0.717) is 17.8 Å². The van der Waals surface area contributed by atoms with Crippen LogP contribution in [0.25, 0.3) is 5.65 Å². The normalized spacial score (nSPS) is 11.3. The lowest BCUT2D eigenvalue weighted by Crippen LogP contribution is -2.20. The number of aromatic nitrogens is 4. The van der Waals surface area contributed by atoms with Crippen molar-refractivity contribution in [2.45, 2.75) is 25.4 Å². The number of fused-ring (bicyclic) bond motifs is 1. The molecule has 8 heteroatoms. The Bertz CT molecular complexity index is 937. The number of pyridine rings is 1. The summed E-state index contributed by atoms with van der Waals surface area (Å²) in [6, 6.07) is 4.73. The summed E-state index contributed by atoms with van der Waals surface area (Å²) in [6.45, 7) is 4.23. The summed E-state index contributed by atoms with van der Waals surface area (Å²) in [6.07, 6.45) is 1.53. The second-order valence-electron chi connectivity index (χ2n) is 5.01. The first-order valence-corrected chi connectivity index (χ1v) is 8.39. The van der Waals surface area contributed by atoms with Crippen LogP contribution in [-0.4, -0.2) is 24.9 Å². The van der Waals surface area contributed by atoms with Gasteiger partial charge in [-0.1, -0.05) is 18.5 Å². The summed E-state index contributed by atoms with van der Waals surface area (Å²) < 4.78 is 16.9. The molecule has 0 fully saturated rings. The monoisotopic (exact) mass is 352 g/mol. The van der Waals surface area contributed by atoms with Crippen LogP contribution < -0.4 is 5.56 Å². The van der Waals surface area contributed by atoms with E-state index in [1.54, 1.807) is 11.8 Å². The lowest BCUT2D eigenvalue weighted by Gasteiger charge is -2.12. The maximum atomic E-state index is 13.6. The Morgan fingerprint density at radius 3 is 2.83 bits per heavy atom. The minimum Gasteiger partial charge on any atom is -0.326 e. The van der Waals surface area contributed by atoms with Gasteiger partial charge in [0.15, 0.2) is 11.0 Å². The van der Waals surface area contributed by atoms with Crippen LogP contribution in [0.1, 0.15) is 18.2 Å². The molecule has 3 aromatic rings. The van der Waals surface area contributed by atoms with Crippen LogP contribution in [0.15, 0.2) is 34.2 Å². The fourth-order valence-electron chi connectivity index (χ4n) is 2.36. The van der Waals surface area contributed by atoms with Gasteiger partial charge < -0.3 is 4.57 Å². The minimum absolute atomic E-state index is 0.151. The third kappa shape index (κ3) is 3.11. The predicted octanol–water partition coefficient (Wildman–Crippen LogP) is 3.15. The lowest BCUT2D eigenvalue weighted by molar-refractivity contribution is 0.616. The molecule has 0 unspecified atom stereocenters. The number of hydrogen-bond donors (Lipinski definition) is 0. The third-order valence-electron chi connectivity index (χ3n) is 3.40. The summed E-state index contributed by atoms with van der Waals surface area (Å²) in [5.74, 6) is 0.304. The molecule has 0 bridgehead atoms.